The highest BCUT2D eigenvalue weighted by Gasteiger charge is 1.95. The van der Waals surface area contributed by atoms with Crippen molar-refractivity contribution in [3.05, 3.63) is 0 Å². The lowest BCUT2D eigenvalue weighted by Crippen LogP contribution is -2.26. The van der Waals surface area contributed by atoms with Crippen molar-refractivity contribution in [2.45, 2.75) is 13.8 Å². The van der Waals surface area contributed by atoms with Gasteiger partial charge in [-0.25, -0.2) is 0 Å². The maximum atomic E-state index is 8.29. The summed E-state index contributed by atoms with van der Waals surface area (Å²) in [5.74, 6) is 0. The van der Waals surface area contributed by atoms with Crippen molar-refractivity contribution in [3.8, 4) is 0 Å². The molecule has 0 aliphatic heterocycles. The number of rotatable bonds is 2. The van der Waals surface area contributed by atoms with E-state index in [1.165, 1.54) is 0 Å². The summed E-state index contributed by atoms with van der Waals surface area (Å²) in [5, 5.41) is 15.0. The minimum atomic E-state index is 0.0788. The van der Waals surface area contributed by atoms with Crippen molar-refractivity contribution in [1.29, 1.82) is 0 Å². The normalized spacial score (nSPS) is 12.9. The first-order valence-electron chi connectivity index (χ1n) is 2.86. The zero-order valence-electron chi connectivity index (χ0n) is 6.33. The van der Waals surface area contributed by atoms with E-state index in [-0.39, 0.29) is 5.11 Å². The minimum Gasteiger partial charge on any atom is -0.411 e. The maximum absolute atomic E-state index is 8.29. The van der Waals surface area contributed by atoms with E-state index in [4.69, 9.17) is 10.9 Å². The number of hydrogen-bond donors (Lipinski definition) is 3. The third-order valence-corrected chi connectivity index (χ3v) is 1.10. The Hall–Kier alpha value is -1.17. The van der Waals surface area contributed by atoms with Crippen LogP contribution in [0.5, 0.6) is 0 Å². The molecular weight excluding hydrogens is 164 g/mol. The van der Waals surface area contributed by atoms with Gasteiger partial charge in [-0.3, -0.25) is 5.43 Å². The molecule has 0 aromatic heterocycles. The zero-order chi connectivity index (χ0) is 8.85. The number of hydrogen-bond acceptors (Lipinski definition) is 4. The van der Waals surface area contributed by atoms with Gasteiger partial charge in [0.05, 0.1) is 11.4 Å². The van der Waals surface area contributed by atoms with Crippen LogP contribution >= 0.6 is 12.2 Å². The molecular formula is C5H10N4OS. The van der Waals surface area contributed by atoms with Gasteiger partial charge in [0.25, 0.3) is 0 Å². The van der Waals surface area contributed by atoms with Crippen LogP contribution in [0.4, 0.5) is 0 Å². The maximum Gasteiger partial charge on any atom is 0.184 e. The van der Waals surface area contributed by atoms with E-state index in [9.17, 15) is 0 Å². The SMILES string of the molecule is CC(=N/O)/C(C)=N/NC(N)=S. The second kappa shape index (κ2) is 4.62. The minimum absolute atomic E-state index is 0.0788. The van der Waals surface area contributed by atoms with Crippen LogP contribution in [0.1, 0.15) is 13.8 Å². The highest BCUT2D eigenvalue weighted by Crippen LogP contribution is 1.80. The fraction of sp³-hybridized carbons (Fsp3) is 0.400. The summed E-state index contributed by atoms with van der Waals surface area (Å²) in [7, 11) is 0. The number of thiocarbonyl (C=S) groups is 1. The summed E-state index contributed by atoms with van der Waals surface area (Å²) in [6.45, 7) is 3.28. The molecule has 0 spiro atoms. The number of oxime groups is 1. The second-order valence-electron chi connectivity index (χ2n) is 1.86. The summed E-state index contributed by atoms with van der Waals surface area (Å²) < 4.78 is 0. The lowest BCUT2D eigenvalue weighted by Gasteiger charge is -1.97. The zero-order valence-corrected chi connectivity index (χ0v) is 7.14. The fourth-order valence-corrected chi connectivity index (χ4v) is 0.338. The van der Waals surface area contributed by atoms with Crippen LogP contribution in [-0.4, -0.2) is 21.7 Å². The molecule has 0 bridgehead atoms. The van der Waals surface area contributed by atoms with Gasteiger partial charge in [-0.1, -0.05) is 5.16 Å². The smallest absolute Gasteiger partial charge is 0.184 e. The van der Waals surface area contributed by atoms with Crippen LogP contribution in [0, 0.1) is 0 Å². The molecule has 0 amide bonds. The molecule has 0 atom stereocenters. The van der Waals surface area contributed by atoms with E-state index >= 15 is 0 Å². The van der Waals surface area contributed by atoms with E-state index < -0.39 is 0 Å². The first-order valence-corrected chi connectivity index (χ1v) is 3.27. The molecule has 6 heteroatoms. The van der Waals surface area contributed by atoms with E-state index in [1.54, 1.807) is 13.8 Å². The molecule has 0 saturated heterocycles. The molecule has 0 saturated carbocycles. The molecule has 0 rings (SSSR count). The van der Waals surface area contributed by atoms with Gasteiger partial charge >= 0.3 is 0 Å². The Labute approximate surface area is 70.0 Å². The lowest BCUT2D eigenvalue weighted by atomic mass is 10.3. The van der Waals surface area contributed by atoms with Gasteiger partial charge in [-0.2, -0.15) is 5.10 Å². The van der Waals surface area contributed by atoms with Gasteiger partial charge in [0.15, 0.2) is 5.11 Å². The van der Waals surface area contributed by atoms with Crippen LogP contribution < -0.4 is 11.2 Å². The molecule has 4 N–H and O–H groups in total. The predicted molar refractivity (Wildman–Crippen MR) is 47.9 cm³/mol. The lowest BCUT2D eigenvalue weighted by molar-refractivity contribution is 0.320. The molecule has 5 nitrogen and oxygen atoms in total. The van der Waals surface area contributed by atoms with Gasteiger partial charge in [0, 0.05) is 0 Å². The second-order valence-corrected chi connectivity index (χ2v) is 2.30. The average molecular weight is 174 g/mol. The standard InChI is InChI=1S/C5H10N4OS/c1-3(4(2)9-10)7-8-5(6)11/h10H,1-2H3,(H3,6,8,11)/b7-3+,9-4-. The van der Waals surface area contributed by atoms with Crippen LogP contribution in [0.2, 0.25) is 0 Å². The van der Waals surface area contributed by atoms with Crippen LogP contribution in [0.15, 0.2) is 10.3 Å². The summed E-state index contributed by atoms with van der Waals surface area (Å²) >= 11 is 4.49. The van der Waals surface area contributed by atoms with Crippen molar-refractivity contribution >= 4 is 28.8 Å². The summed E-state index contributed by atoms with van der Waals surface area (Å²) in [6.07, 6.45) is 0. The topological polar surface area (TPSA) is 83.0 Å². The highest BCUT2D eigenvalue weighted by molar-refractivity contribution is 7.80. The van der Waals surface area contributed by atoms with Gasteiger partial charge < -0.3 is 10.9 Å². The third kappa shape index (κ3) is 4.26. The van der Waals surface area contributed by atoms with Crippen LogP contribution in [-0.2, 0) is 0 Å². The number of nitrogens with two attached hydrogens (primary N) is 1. The molecule has 0 aromatic carbocycles. The third-order valence-electron chi connectivity index (χ3n) is 1.01. The van der Waals surface area contributed by atoms with Crippen LogP contribution in [0.25, 0.3) is 0 Å². The highest BCUT2D eigenvalue weighted by atomic mass is 32.1. The molecule has 0 heterocycles. The Morgan fingerprint density at radius 3 is 2.36 bits per heavy atom. The van der Waals surface area contributed by atoms with Crippen LogP contribution in [0.3, 0.4) is 0 Å². The number of hydrazone groups is 1. The largest absolute Gasteiger partial charge is 0.411 e. The Morgan fingerprint density at radius 2 is 2.00 bits per heavy atom. The molecule has 62 valence electrons. The van der Waals surface area contributed by atoms with Crippen molar-refractivity contribution in [2.24, 2.45) is 16.0 Å². The first kappa shape index (κ1) is 9.83. The molecule has 0 aliphatic rings. The molecule has 0 fully saturated rings. The van der Waals surface area contributed by atoms with E-state index in [0.29, 0.717) is 11.4 Å². The number of nitrogens with one attached hydrogen (secondary N) is 1. The van der Waals surface area contributed by atoms with E-state index in [2.05, 4.69) is 27.9 Å². The molecule has 0 unspecified atom stereocenters. The van der Waals surface area contributed by atoms with Crippen molar-refractivity contribution in [2.75, 3.05) is 0 Å². The molecule has 0 radical (unpaired) electrons. The summed E-state index contributed by atoms with van der Waals surface area (Å²) in [6, 6.07) is 0. The molecule has 0 aromatic rings. The van der Waals surface area contributed by atoms with E-state index in [0.717, 1.165) is 0 Å². The van der Waals surface area contributed by atoms with Gasteiger partial charge in [-0.05, 0) is 26.1 Å². The Bertz CT molecular complexity index is 211. The number of nitrogens with zero attached hydrogens (tertiary/aromatic N) is 2. The average Bonchev–Trinajstić information content (AvgIpc) is 1.98. The van der Waals surface area contributed by atoms with Gasteiger partial charge in [-0.15, -0.1) is 0 Å². The monoisotopic (exact) mass is 174 g/mol. The van der Waals surface area contributed by atoms with Gasteiger partial charge in [0.1, 0.15) is 0 Å². The fourth-order valence-electron chi connectivity index (χ4n) is 0.292. The predicted octanol–water partition coefficient (Wildman–Crippen LogP) is 0.0456. The Kier molecular flexibility index (Phi) is 4.12. The quantitative estimate of drug-likeness (QED) is 0.239. The molecule has 11 heavy (non-hydrogen) atoms. The van der Waals surface area contributed by atoms with Crippen molar-refractivity contribution in [3.63, 3.8) is 0 Å². The summed E-state index contributed by atoms with van der Waals surface area (Å²) in [5.41, 5.74) is 8.40. The Balaban J connectivity index is 4.12. The first-order chi connectivity index (χ1) is 5.07. The van der Waals surface area contributed by atoms with Crippen molar-refractivity contribution < 1.29 is 5.21 Å². The Morgan fingerprint density at radius 1 is 1.45 bits per heavy atom. The molecule has 0 aliphatic carbocycles. The summed E-state index contributed by atoms with van der Waals surface area (Å²) in [4.78, 5) is 0. The van der Waals surface area contributed by atoms with E-state index in [1.807, 2.05) is 0 Å². The van der Waals surface area contributed by atoms with Crippen molar-refractivity contribution in [1.82, 2.24) is 5.43 Å². The van der Waals surface area contributed by atoms with Gasteiger partial charge in [0.2, 0.25) is 0 Å².